The molecule has 2 aromatic rings. The highest BCUT2D eigenvalue weighted by molar-refractivity contribution is 5.63. The monoisotopic (exact) mass is 317 g/mol. The molecule has 0 amide bonds. The van der Waals surface area contributed by atoms with Gasteiger partial charge in [0.05, 0.1) is 0 Å². The van der Waals surface area contributed by atoms with Gasteiger partial charge in [-0.25, -0.2) is 0 Å². The van der Waals surface area contributed by atoms with E-state index in [4.69, 9.17) is 4.52 Å². The van der Waals surface area contributed by atoms with Gasteiger partial charge in [0, 0.05) is 30.8 Å². The summed E-state index contributed by atoms with van der Waals surface area (Å²) in [6.07, 6.45) is 0. The lowest BCUT2D eigenvalue weighted by Crippen LogP contribution is -2.17. The first kappa shape index (κ1) is 17.3. The standard InChI is InChI=1S/C18H27N3O2/c1-17(2,3)12-9-11(10-13(14(12)22)18(4,5)6)15-19-16(20-23-15)21(7)8/h9-10,22H,1-8H3. The second kappa shape index (κ2) is 5.55. The molecule has 23 heavy (non-hydrogen) atoms. The average molecular weight is 317 g/mol. The van der Waals surface area contributed by atoms with Crippen molar-refractivity contribution >= 4 is 5.95 Å². The molecule has 0 radical (unpaired) electrons. The Morgan fingerprint density at radius 1 is 0.957 bits per heavy atom. The zero-order chi connectivity index (χ0) is 17.6. The van der Waals surface area contributed by atoms with Gasteiger partial charge >= 0.3 is 0 Å². The molecule has 0 fully saturated rings. The minimum absolute atomic E-state index is 0.190. The van der Waals surface area contributed by atoms with Gasteiger partial charge in [-0.05, 0) is 28.1 Å². The topological polar surface area (TPSA) is 62.4 Å². The molecule has 1 aromatic heterocycles. The maximum absolute atomic E-state index is 10.7. The van der Waals surface area contributed by atoms with Gasteiger partial charge in [0.15, 0.2) is 0 Å². The van der Waals surface area contributed by atoms with Gasteiger partial charge in [0.2, 0.25) is 0 Å². The minimum Gasteiger partial charge on any atom is -0.507 e. The molecule has 0 aliphatic heterocycles. The molecule has 5 nitrogen and oxygen atoms in total. The number of aromatic nitrogens is 2. The zero-order valence-corrected chi connectivity index (χ0v) is 15.4. The molecule has 0 saturated carbocycles. The molecule has 1 N–H and O–H groups in total. The van der Waals surface area contributed by atoms with Crippen molar-refractivity contribution in [2.45, 2.75) is 52.4 Å². The molecule has 0 saturated heterocycles. The van der Waals surface area contributed by atoms with E-state index in [9.17, 15) is 5.11 Å². The number of nitrogens with zero attached hydrogens (tertiary/aromatic N) is 3. The Morgan fingerprint density at radius 3 is 1.78 bits per heavy atom. The number of phenols is 1. The Kier molecular flexibility index (Phi) is 4.18. The van der Waals surface area contributed by atoms with Crippen LogP contribution in [0.25, 0.3) is 11.5 Å². The van der Waals surface area contributed by atoms with E-state index in [0.717, 1.165) is 16.7 Å². The number of aromatic hydroxyl groups is 1. The van der Waals surface area contributed by atoms with Crippen molar-refractivity contribution < 1.29 is 9.63 Å². The summed E-state index contributed by atoms with van der Waals surface area (Å²) in [7, 11) is 3.74. The first-order valence-corrected chi connectivity index (χ1v) is 7.80. The second-order valence-electron chi connectivity index (χ2n) is 8.21. The molecule has 0 aliphatic carbocycles. The molecular weight excluding hydrogens is 290 g/mol. The highest BCUT2D eigenvalue weighted by Crippen LogP contribution is 2.41. The van der Waals surface area contributed by atoms with E-state index in [1.807, 2.05) is 26.2 Å². The summed E-state index contributed by atoms with van der Waals surface area (Å²) < 4.78 is 5.40. The number of phenolic OH excluding ortho intramolecular Hbond substituents is 1. The van der Waals surface area contributed by atoms with E-state index in [1.54, 1.807) is 4.90 Å². The lowest BCUT2D eigenvalue weighted by molar-refractivity contribution is 0.420. The van der Waals surface area contributed by atoms with Crippen LogP contribution in [0.3, 0.4) is 0 Å². The minimum atomic E-state index is -0.190. The summed E-state index contributed by atoms with van der Waals surface area (Å²) in [5.74, 6) is 1.34. The lowest BCUT2D eigenvalue weighted by atomic mass is 9.78. The molecule has 5 heteroatoms. The van der Waals surface area contributed by atoms with Gasteiger partial charge < -0.3 is 14.5 Å². The van der Waals surface area contributed by atoms with Crippen LogP contribution in [0.15, 0.2) is 16.7 Å². The molecule has 126 valence electrons. The number of hydrogen-bond acceptors (Lipinski definition) is 5. The van der Waals surface area contributed by atoms with Gasteiger partial charge in [0.1, 0.15) is 5.75 Å². The Morgan fingerprint density at radius 2 is 1.43 bits per heavy atom. The van der Waals surface area contributed by atoms with Crippen molar-refractivity contribution in [1.29, 1.82) is 0 Å². The predicted octanol–water partition coefficient (Wildman–Crippen LogP) is 4.10. The van der Waals surface area contributed by atoms with Crippen LogP contribution in [0.5, 0.6) is 5.75 Å². The van der Waals surface area contributed by atoms with Gasteiger partial charge in [-0.15, -0.1) is 0 Å². The fourth-order valence-electron chi connectivity index (χ4n) is 2.42. The van der Waals surface area contributed by atoms with Crippen LogP contribution in [-0.4, -0.2) is 29.3 Å². The summed E-state index contributed by atoms with van der Waals surface area (Å²) in [4.78, 5) is 6.22. The van der Waals surface area contributed by atoms with Crippen molar-refractivity contribution in [3.8, 4) is 17.2 Å². The summed E-state index contributed by atoms with van der Waals surface area (Å²) >= 11 is 0. The summed E-state index contributed by atoms with van der Waals surface area (Å²) in [5, 5.41) is 14.7. The molecule has 1 aromatic carbocycles. The number of benzene rings is 1. The maximum atomic E-state index is 10.7. The van der Waals surface area contributed by atoms with Gasteiger partial charge in [-0.1, -0.05) is 41.5 Å². The summed E-state index contributed by atoms with van der Waals surface area (Å²) in [6.45, 7) is 12.5. The average Bonchev–Trinajstić information content (AvgIpc) is 2.85. The quantitative estimate of drug-likeness (QED) is 0.903. The highest BCUT2D eigenvalue weighted by Gasteiger charge is 2.27. The summed E-state index contributed by atoms with van der Waals surface area (Å²) in [5.41, 5.74) is 2.21. The first-order chi connectivity index (χ1) is 10.4. The van der Waals surface area contributed by atoms with Crippen LogP contribution in [-0.2, 0) is 10.8 Å². The molecule has 2 rings (SSSR count). The van der Waals surface area contributed by atoms with Crippen LogP contribution in [0, 0.1) is 0 Å². The zero-order valence-electron chi connectivity index (χ0n) is 15.4. The van der Waals surface area contributed by atoms with Crippen LogP contribution < -0.4 is 4.90 Å². The third-order valence-electron chi connectivity index (χ3n) is 3.79. The van der Waals surface area contributed by atoms with Gasteiger partial charge in [0.25, 0.3) is 11.8 Å². The Hall–Kier alpha value is -2.04. The predicted molar refractivity (Wildman–Crippen MR) is 93.1 cm³/mol. The number of rotatable bonds is 2. The van der Waals surface area contributed by atoms with E-state index >= 15 is 0 Å². The number of hydrogen-bond donors (Lipinski definition) is 1. The van der Waals surface area contributed by atoms with Crippen LogP contribution >= 0.6 is 0 Å². The van der Waals surface area contributed by atoms with Crippen LogP contribution in [0.1, 0.15) is 52.7 Å². The molecule has 0 bridgehead atoms. The Labute approximate surface area is 138 Å². The molecule has 1 heterocycles. The normalized spacial score (nSPS) is 12.5. The molecule has 0 aliphatic rings. The molecule has 0 atom stereocenters. The third kappa shape index (κ3) is 3.49. The van der Waals surface area contributed by atoms with E-state index < -0.39 is 0 Å². The van der Waals surface area contributed by atoms with E-state index in [-0.39, 0.29) is 10.8 Å². The molecule has 0 spiro atoms. The van der Waals surface area contributed by atoms with Crippen molar-refractivity contribution in [2.75, 3.05) is 19.0 Å². The fraction of sp³-hybridized carbons (Fsp3) is 0.556. The number of anilines is 1. The van der Waals surface area contributed by atoms with Crippen LogP contribution in [0.2, 0.25) is 0 Å². The SMILES string of the molecule is CN(C)c1noc(-c2cc(C(C)(C)C)c(O)c(C(C)(C)C)c2)n1. The second-order valence-corrected chi connectivity index (χ2v) is 8.21. The van der Waals surface area contributed by atoms with Gasteiger partial charge in [-0.3, -0.25) is 0 Å². The summed E-state index contributed by atoms with van der Waals surface area (Å²) in [6, 6.07) is 3.88. The first-order valence-electron chi connectivity index (χ1n) is 7.80. The maximum Gasteiger partial charge on any atom is 0.265 e. The van der Waals surface area contributed by atoms with Crippen molar-refractivity contribution in [3.05, 3.63) is 23.3 Å². The lowest BCUT2D eigenvalue weighted by Gasteiger charge is -2.27. The van der Waals surface area contributed by atoms with E-state index in [1.165, 1.54) is 0 Å². The molecule has 0 unspecified atom stereocenters. The highest BCUT2D eigenvalue weighted by atomic mass is 16.5. The fourth-order valence-corrected chi connectivity index (χ4v) is 2.42. The van der Waals surface area contributed by atoms with E-state index in [0.29, 0.717) is 17.6 Å². The van der Waals surface area contributed by atoms with Crippen molar-refractivity contribution in [2.24, 2.45) is 0 Å². The van der Waals surface area contributed by atoms with E-state index in [2.05, 4.69) is 51.7 Å². The van der Waals surface area contributed by atoms with Crippen molar-refractivity contribution in [1.82, 2.24) is 10.1 Å². The Balaban J connectivity index is 2.68. The van der Waals surface area contributed by atoms with Crippen molar-refractivity contribution in [3.63, 3.8) is 0 Å². The Bertz CT molecular complexity index is 669. The third-order valence-corrected chi connectivity index (χ3v) is 3.79. The molecular formula is C18H27N3O2. The smallest absolute Gasteiger partial charge is 0.265 e. The van der Waals surface area contributed by atoms with Crippen LogP contribution in [0.4, 0.5) is 5.95 Å². The largest absolute Gasteiger partial charge is 0.507 e. The van der Waals surface area contributed by atoms with Gasteiger partial charge in [-0.2, -0.15) is 4.98 Å².